The average Bonchev–Trinajstić information content (AvgIpc) is 2.45. The molecule has 5 heteroatoms. The van der Waals surface area contributed by atoms with E-state index in [1.807, 2.05) is 12.1 Å². The summed E-state index contributed by atoms with van der Waals surface area (Å²) in [6.45, 7) is 8.42. The van der Waals surface area contributed by atoms with Crippen LogP contribution in [0.2, 0.25) is 19.6 Å². The molecule has 2 aromatic carbocycles. The molecule has 2 aromatic rings. The quantitative estimate of drug-likeness (QED) is 0.529. The summed E-state index contributed by atoms with van der Waals surface area (Å²) >= 11 is 0. The number of nitrogens with zero attached hydrogens (tertiary/aromatic N) is 1. The zero-order chi connectivity index (χ0) is 16.5. The van der Waals surface area contributed by atoms with Gasteiger partial charge in [-0.1, -0.05) is 49.1 Å². The number of hydrogen-bond acceptors (Lipinski definition) is 3. The standard InChI is InChI=1S/C17H21NO3Si/c1-12(19)16-11-14(7-10-17(16)18(20)21)13-5-8-15(9-6-13)22(2,3)4/h5-12,19H,1-4H3. The van der Waals surface area contributed by atoms with Crippen LogP contribution < -0.4 is 5.19 Å². The lowest BCUT2D eigenvalue weighted by Gasteiger charge is -2.17. The van der Waals surface area contributed by atoms with Crippen LogP contribution in [-0.2, 0) is 0 Å². The van der Waals surface area contributed by atoms with Crippen molar-refractivity contribution in [1.29, 1.82) is 0 Å². The van der Waals surface area contributed by atoms with Crippen LogP contribution in [0, 0.1) is 10.1 Å². The fraction of sp³-hybridized carbons (Fsp3) is 0.294. The lowest BCUT2D eigenvalue weighted by atomic mass is 9.99. The molecule has 0 aromatic heterocycles. The Morgan fingerprint density at radius 2 is 1.59 bits per heavy atom. The van der Waals surface area contributed by atoms with Gasteiger partial charge in [-0.15, -0.1) is 0 Å². The maximum Gasteiger partial charge on any atom is 0.275 e. The van der Waals surface area contributed by atoms with Gasteiger partial charge >= 0.3 is 0 Å². The summed E-state index contributed by atoms with van der Waals surface area (Å²) in [6.07, 6.45) is -0.874. The van der Waals surface area contributed by atoms with Gasteiger partial charge in [0.1, 0.15) is 0 Å². The summed E-state index contributed by atoms with van der Waals surface area (Å²) in [5.74, 6) is 0. The second-order valence-electron chi connectivity index (χ2n) is 6.53. The van der Waals surface area contributed by atoms with Crippen LogP contribution in [0.25, 0.3) is 11.1 Å². The molecule has 0 amide bonds. The molecule has 0 heterocycles. The van der Waals surface area contributed by atoms with Crippen molar-refractivity contribution in [2.45, 2.75) is 32.7 Å². The molecule has 0 bridgehead atoms. The van der Waals surface area contributed by atoms with Crippen LogP contribution >= 0.6 is 0 Å². The first kappa shape index (κ1) is 16.4. The first-order valence-corrected chi connectivity index (χ1v) is 10.8. The van der Waals surface area contributed by atoms with Gasteiger partial charge in [-0.3, -0.25) is 10.1 Å². The first-order valence-electron chi connectivity index (χ1n) is 7.27. The second-order valence-corrected chi connectivity index (χ2v) is 11.6. The van der Waals surface area contributed by atoms with Gasteiger partial charge in [0, 0.05) is 6.07 Å². The van der Waals surface area contributed by atoms with Crippen molar-refractivity contribution in [3.05, 3.63) is 58.1 Å². The highest BCUT2D eigenvalue weighted by molar-refractivity contribution is 6.88. The van der Waals surface area contributed by atoms with E-state index in [-0.39, 0.29) is 5.69 Å². The molecule has 0 aliphatic heterocycles. The van der Waals surface area contributed by atoms with Crippen LogP contribution in [-0.4, -0.2) is 18.1 Å². The van der Waals surface area contributed by atoms with Crippen LogP contribution in [0.5, 0.6) is 0 Å². The zero-order valence-corrected chi connectivity index (χ0v) is 14.3. The van der Waals surface area contributed by atoms with Crippen molar-refractivity contribution < 1.29 is 10.0 Å². The van der Waals surface area contributed by atoms with Crippen molar-refractivity contribution >= 4 is 18.9 Å². The summed E-state index contributed by atoms with van der Waals surface area (Å²) in [5.41, 5.74) is 2.18. The fourth-order valence-electron chi connectivity index (χ4n) is 2.40. The topological polar surface area (TPSA) is 63.4 Å². The van der Waals surface area contributed by atoms with E-state index in [0.717, 1.165) is 11.1 Å². The van der Waals surface area contributed by atoms with Crippen molar-refractivity contribution in [1.82, 2.24) is 0 Å². The van der Waals surface area contributed by atoms with Crippen molar-refractivity contribution in [2.24, 2.45) is 0 Å². The van der Waals surface area contributed by atoms with Gasteiger partial charge < -0.3 is 5.11 Å². The van der Waals surface area contributed by atoms with Crippen LogP contribution in [0.4, 0.5) is 5.69 Å². The number of hydrogen-bond donors (Lipinski definition) is 1. The van der Waals surface area contributed by atoms with E-state index in [1.54, 1.807) is 19.1 Å². The minimum absolute atomic E-state index is 0.0440. The maximum atomic E-state index is 11.0. The predicted molar refractivity (Wildman–Crippen MR) is 92.1 cm³/mol. The Labute approximate surface area is 131 Å². The van der Waals surface area contributed by atoms with Crippen LogP contribution in [0.3, 0.4) is 0 Å². The molecular weight excluding hydrogens is 294 g/mol. The Bertz CT molecular complexity index is 688. The molecule has 0 aliphatic rings. The highest BCUT2D eigenvalue weighted by Crippen LogP contribution is 2.30. The van der Waals surface area contributed by atoms with Gasteiger partial charge in [-0.2, -0.15) is 0 Å². The number of aliphatic hydroxyl groups is 1. The minimum Gasteiger partial charge on any atom is -0.388 e. The van der Waals surface area contributed by atoms with Gasteiger partial charge in [0.25, 0.3) is 5.69 Å². The first-order chi connectivity index (χ1) is 10.2. The molecule has 0 spiro atoms. The molecule has 22 heavy (non-hydrogen) atoms. The van der Waals surface area contributed by atoms with Gasteiger partial charge in [0.2, 0.25) is 0 Å². The SMILES string of the molecule is CC(O)c1cc(-c2ccc([Si](C)(C)C)cc2)ccc1[N+](=O)[O-]. The smallest absolute Gasteiger partial charge is 0.275 e. The molecule has 1 atom stereocenters. The number of rotatable bonds is 4. The molecule has 4 nitrogen and oxygen atoms in total. The lowest BCUT2D eigenvalue weighted by molar-refractivity contribution is -0.386. The zero-order valence-electron chi connectivity index (χ0n) is 13.3. The largest absolute Gasteiger partial charge is 0.388 e. The van der Waals surface area contributed by atoms with Gasteiger partial charge in [0.15, 0.2) is 0 Å². The number of aliphatic hydroxyl groups excluding tert-OH is 1. The van der Waals surface area contributed by atoms with E-state index in [2.05, 4.69) is 31.8 Å². The van der Waals surface area contributed by atoms with Crippen LogP contribution in [0.15, 0.2) is 42.5 Å². The number of nitro benzene ring substituents is 1. The van der Waals surface area contributed by atoms with E-state index >= 15 is 0 Å². The average molecular weight is 315 g/mol. The van der Waals surface area contributed by atoms with E-state index in [1.165, 1.54) is 11.3 Å². The van der Waals surface area contributed by atoms with E-state index in [9.17, 15) is 15.2 Å². The monoisotopic (exact) mass is 315 g/mol. The van der Waals surface area contributed by atoms with Crippen molar-refractivity contribution in [3.8, 4) is 11.1 Å². The Morgan fingerprint density at radius 3 is 2.05 bits per heavy atom. The van der Waals surface area contributed by atoms with Gasteiger partial charge in [0.05, 0.1) is 24.7 Å². The van der Waals surface area contributed by atoms with Crippen LogP contribution in [0.1, 0.15) is 18.6 Å². The third kappa shape index (κ3) is 3.43. The summed E-state index contributed by atoms with van der Waals surface area (Å²) in [4.78, 5) is 10.6. The molecule has 0 fully saturated rings. The molecule has 1 unspecified atom stereocenters. The highest BCUT2D eigenvalue weighted by atomic mass is 28.3. The summed E-state index contributed by atoms with van der Waals surface area (Å²) in [5, 5.41) is 22.2. The predicted octanol–water partition coefficient (Wildman–Crippen LogP) is 3.86. The summed E-state index contributed by atoms with van der Waals surface area (Å²) in [6, 6.07) is 13.2. The van der Waals surface area contributed by atoms with Gasteiger partial charge in [-0.05, 0) is 30.2 Å². The summed E-state index contributed by atoms with van der Waals surface area (Å²) < 4.78 is 0. The van der Waals surface area contributed by atoms with E-state index in [0.29, 0.717) is 5.56 Å². The molecule has 0 saturated carbocycles. The fourth-order valence-corrected chi connectivity index (χ4v) is 3.56. The second kappa shape index (κ2) is 6.02. The normalized spacial score (nSPS) is 13.0. The minimum atomic E-state index is -1.34. The highest BCUT2D eigenvalue weighted by Gasteiger charge is 2.19. The van der Waals surface area contributed by atoms with Crippen molar-refractivity contribution in [2.75, 3.05) is 0 Å². The Kier molecular flexibility index (Phi) is 4.49. The Morgan fingerprint density at radius 1 is 1.05 bits per heavy atom. The third-order valence-electron chi connectivity index (χ3n) is 3.76. The molecule has 0 radical (unpaired) electrons. The molecule has 0 aliphatic carbocycles. The van der Waals surface area contributed by atoms with Crippen molar-refractivity contribution in [3.63, 3.8) is 0 Å². The van der Waals surface area contributed by atoms with E-state index in [4.69, 9.17) is 0 Å². The molecule has 2 rings (SSSR count). The number of benzene rings is 2. The molecule has 116 valence electrons. The molecular formula is C17H21NO3Si. The molecule has 0 saturated heterocycles. The van der Waals surface area contributed by atoms with E-state index < -0.39 is 19.1 Å². The molecule has 1 N–H and O–H groups in total. The summed E-state index contributed by atoms with van der Waals surface area (Å²) in [7, 11) is -1.34. The third-order valence-corrected chi connectivity index (χ3v) is 5.82. The number of nitro groups is 1. The maximum absolute atomic E-state index is 11.0. The Hall–Kier alpha value is -1.98. The lowest BCUT2D eigenvalue weighted by Crippen LogP contribution is -2.37. The van der Waals surface area contributed by atoms with Gasteiger partial charge in [-0.25, -0.2) is 0 Å². The Balaban J connectivity index is 2.45.